The highest BCUT2D eigenvalue weighted by Crippen LogP contribution is 2.33. The molecule has 0 N–H and O–H groups in total. The molecule has 5 rings (SSSR count). The zero-order chi connectivity index (χ0) is 30.7. The maximum Gasteiger partial charge on any atom is 0.256 e. The highest BCUT2D eigenvalue weighted by molar-refractivity contribution is 5.99. The van der Waals surface area contributed by atoms with Crippen molar-refractivity contribution in [2.45, 2.75) is 59.4 Å². The average molecular weight is 592 g/mol. The van der Waals surface area contributed by atoms with Gasteiger partial charge in [0.05, 0.1) is 29.6 Å². The lowest BCUT2D eigenvalue weighted by Gasteiger charge is -2.33. The van der Waals surface area contributed by atoms with Gasteiger partial charge in [-0.15, -0.1) is 0 Å². The molecule has 2 fully saturated rings. The summed E-state index contributed by atoms with van der Waals surface area (Å²) in [6.07, 6.45) is 10.1. The summed E-state index contributed by atoms with van der Waals surface area (Å²) in [5.41, 5.74) is 4.24. The van der Waals surface area contributed by atoms with Crippen LogP contribution in [0.25, 0.3) is 16.6 Å². The largest absolute Gasteiger partial charge is 0.383 e. The Hall–Kier alpha value is -3.30. The fraction of sp³-hybridized carbons (Fsp3) is 0.559. The molecule has 2 aliphatic rings. The minimum absolute atomic E-state index is 0.0633. The number of piperidine rings is 1. The third-order valence-electron chi connectivity index (χ3n) is 9.30. The van der Waals surface area contributed by atoms with Crippen molar-refractivity contribution in [1.29, 1.82) is 0 Å². The molecule has 0 spiro atoms. The topological polar surface area (TPSA) is 70.9 Å². The van der Waals surface area contributed by atoms with Gasteiger partial charge in [-0.2, -0.15) is 0 Å². The number of carbonyl (C=O) groups is 2. The first-order valence-electron chi connectivity index (χ1n) is 15.7. The number of likely N-dealkylation sites (tertiary alicyclic amines) is 2. The Bertz CT molecular complexity index is 1450. The smallest absolute Gasteiger partial charge is 0.256 e. The van der Waals surface area contributed by atoms with Gasteiger partial charge >= 0.3 is 0 Å². The summed E-state index contributed by atoms with van der Waals surface area (Å²) in [6.45, 7) is 13.5. The number of pyridine rings is 1. The van der Waals surface area contributed by atoms with E-state index in [1.54, 1.807) is 25.0 Å². The number of methoxy groups -OCH3 is 1. The molecule has 0 aliphatic carbocycles. The maximum atomic E-state index is 14.6. The van der Waals surface area contributed by atoms with E-state index in [1.165, 1.54) is 17.7 Å². The van der Waals surface area contributed by atoms with Crippen LogP contribution in [0.3, 0.4) is 0 Å². The molecule has 0 saturated carbocycles. The molecule has 9 heteroatoms. The van der Waals surface area contributed by atoms with E-state index in [2.05, 4.69) is 23.0 Å². The second kappa shape index (κ2) is 13.6. The van der Waals surface area contributed by atoms with Crippen LogP contribution < -0.4 is 0 Å². The number of fused-ring (bicyclic) bond motifs is 1. The SMILES string of the molecule is COCCN(C(=O)c1cc(F)ccc1-n1cc(C[C@@H]2CCN(CC3CCN(C(C)=O)CC3)C2)c2c(C)cncc21)C(C)C. The van der Waals surface area contributed by atoms with Gasteiger partial charge in [-0.3, -0.25) is 14.6 Å². The first-order chi connectivity index (χ1) is 20.7. The van der Waals surface area contributed by atoms with E-state index in [0.29, 0.717) is 36.2 Å². The first kappa shape index (κ1) is 31.1. The standard InChI is InChI=1S/C34H46FN5O3/c1-23(2)39(14-15-43-5)34(42)30-17-29(35)6-7-31(30)40-22-28(33-24(3)18-36-19-32(33)40)16-27-8-11-37(21-27)20-26-9-12-38(13-10-26)25(4)41/h6-7,17-19,22-23,26-27H,8-16,20-21H2,1-5H3/t27-/m0/s1. The third-order valence-corrected chi connectivity index (χ3v) is 9.30. The van der Waals surface area contributed by atoms with E-state index >= 15 is 0 Å². The number of nitrogens with zero attached hydrogens (tertiary/aromatic N) is 5. The second-order valence-corrected chi connectivity index (χ2v) is 12.7. The lowest BCUT2D eigenvalue weighted by atomic mass is 9.96. The molecule has 2 saturated heterocycles. The molecular weight excluding hydrogens is 545 g/mol. The molecule has 2 amide bonds. The van der Waals surface area contributed by atoms with E-state index < -0.39 is 5.82 Å². The zero-order valence-corrected chi connectivity index (χ0v) is 26.3. The van der Waals surface area contributed by atoms with Crippen LogP contribution in [0.2, 0.25) is 0 Å². The number of ether oxygens (including phenoxy) is 1. The monoisotopic (exact) mass is 591 g/mol. The summed E-state index contributed by atoms with van der Waals surface area (Å²) in [5.74, 6) is 0.708. The maximum absolute atomic E-state index is 14.6. The Kier molecular flexibility index (Phi) is 9.82. The summed E-state index contributed by atoms with van der Waals surface area (Å²) >= 11 is 0. The third kappa shape index (κ3) is 6.93. The normalized spacial score (nSPS) is 18.2. The van der Waals surface area contributed by atoms with Gasteiger partial charge in [-0.25, -0.2) is 4.39 Å². The predicted octanol–water partition coefficient (Wildman–Crippen LogP) is 5.09. The summed E-state index contributed by atoms with van der Waals surface area (Å²) < 4.78 is 21.9. The van der Waals surface area contributed by atoms with Crippen molar-refractivity contribution in [3.05, 3.63) is 59.3 Å². The van der Waals surface area contributed by atoms with Crippen molar-refractivity contribution >= 4 is 22.7 Å². The van der Waals surface area contributed by atoms with Crippen LogP contribution in [0, 0.1) is 24.6 Å². The van der Waals surface area contributed by atoms with Crippen molar-refractivity contribution in [2.24, 2.45) is 11.8 Å². The van der Waals surface area contributed by atoms with Crippen molar-refractivity contribution in [3.8, 4) is 5.69 Å². The number of aryl methyl sites for hydroxylation is 1. The van der Waals surface area contributed by atoms with Gasteiger partial charge in [0.25, 0.3) is 5.91 Å². The van der Waals surface area contributed by atoms with Gasteiger partial charge in [-0.1, -0.05) is 0 Å². The lowest BCUT2D eigenvalue weighted by Crippen LogP contribution is -2.40. The number of hydrogen-bond donors (Lipinski definition) is 0. The summed E-state index contributed by atoms with van der Waals surface area (Å²) in [7, 11) is 1.61. The first-order valence-corrected chi connectivity index (χ1v) is 15.7. The zero-order valence-electron chi connectivity index (χ0n) is 26.3. The fourth-order valence-corrected chi connectivity index (χ4v) is 6.98. The van der Waals surface area contributed by atoms with Crippen molar-refractivity contribution in [3.63, 3.8) is 0 Å². The molecule has 2 aliphatic heterocycles. The van der Waals surface area contributed by atoms with Crippen molar-refractivity contribution < 1.29 is 18.7 Å². The second-order valence-electron chi connectivity index (χ2n) is 12.7. The number of hydrogen-bond acceptors (Lipinski definition) is 5. The number of amides is 2. The molecule has 0 unspecified atom stereocenters. The van der Waals surface area contributed by atoms with E-state index in [1.807, 2.05) is 35.7 Å². The fourth-order valence-electron chi connectivity index (χ4n) is 6.98. The molecule has 4 heterocycles. The average Bonchev–Trinajstić information content (AvgIpc) is 3.58. The Morgan fingerprint density at radius 3 is 2.56 bits per heavy atom. The molecule has 8 nitrogen and oxygen atoms in total. The Labute approximate surface area is 254 Å². The minimum Gasteiger partial charge on any atom is -0.383 e. The van der Waals surface area contributed by atoms with Gasteiger partial charge in [0.2, 0.25) is 5.91 Å². The van der Waals surface area contributed by atoms with Crippen LogP contribution in [0.5, 0.6) is 0 Å². The number of halogens is 1. The molecule has 1 atom stereocenters. The van der Waals surface area contributed by atoms with Crippen molar-refractivity contribution in [2.75, 3.05) is 53.0 Å². The van der Waals surface area contributed by atoms with Gasteiger partial charge in [-0.05, 0) is 94.2 Å². The predicted molar refractivity (Wildman–Crippen MR) is 167 cm³/mol. The molecular formula is C34H46FN5O3. The van der Waals surface area contributed by atoms with Crippen LogP contribution in [0.1, 0.15) is 61.5 Å². The van der Waals surface area contributed by atoms with E-state index in [-0.39, 0.29) is 17.9 Å². The number of rotatable bonds is 10. The van der Waals surface area contributed by atoms with Gasteiger partial charge in [0, 0.05) is 70.6 Å². The highest BCUT2D eigenvalue weighted by Gasteiger charge is 2.29. The van der Waals surface area contributed by atoms with Crippen LogP contribution >= 0.6 is 0 Å². The van der Waals surface area contributed by atoms with E-state index in [9.17, 15) is 14.0 Å². The van der Waals surface area contributed by atoms with E-state index in [4.69, 9.17) is 4.74 Å². The molecule has 0 bridgehead atoms. The van der Waals surface area contributed by atoms with Crippen LogP contribution in [-0.2, 0) is 16.0 Å². The van der Waals surface area contributed by atoms with Gasteiger partial charge < -0.3 is 24.0 Å². The van der Waals surface area contributed by atoms with Gasteiger partial charge in [0.1, 0.15) is 5.82 Å². The number of carbonyl (C=O) groups excluding carboxylic acids is 2. The molecule has 1 aromatic carbocycles. The Morgan fingerprint density at radius 2 is 1.86 bits per heavy atom. The lowest BCUT2D eigenvalue weighted by molar-refractivity contribution is -0.130. The quantitative estimate of drug-likeness (QED) is 0.329. The highest BCUT2D eigenvalue weighted by atomic mass is 19.1. The molecule has 3 aromatic rings. The van der Waals surface area contributed by atoms with Crippen molar-refractivity contribution in [1.82, 2.24) is 24.3 Å². The summed E-state index contributed by atoms with van der Waals surface area (Å²) in [5, 5.41) is 1.16. The minimum atomic E-state index is -0.438. The van der Waals surface area contributed by atoms with Crippen LogP contribution in [-0.4, -0.2) is 95.1 Å². The van der Waals surface area contributed by atoms with Crippen LogP contribution in [0.15, 0.2) is 36.8 Å². The molecule has 2 aromatic heterocycles. The van der Waals surface area contributed by atoms with Crippen LogP contribution in [0.4, 0.5) is 4.39 Å². The molecule has 43 heavy (non-hydrogen) atoms. The summed E-state index contributed by atoms with van der Waals surface area (Å²) in [6, 6.07) is 4.42. The Morgan fingerprint density at radius 1 is 1.12 bits per heavy atom. The summed E-state index contributed by atoms with van der Waals surface area (Å²) in [4.78, 5) is 36.3. The Balaban J connectivity index is 1.39. The number of benzene rings is 1. The molecule has 0 radical (unpaired) electrons. The van der Waals surface area contributed by atoms with E-state index in [0.717, 1.165) is 74.9 Å². The molecule has 232 valence electrons. The number of aromatic nitrogens is 2. The van der Waals surface area contributed by atoms with Gasteiger partial charge in [0.15, 0.2) is 0 Å².